The molecule has 1 aliphatic heterocycles. The second-order valence-electron chi connectivity index (χ2n) is 6.86. The minimum Gasteiger partial charge on any atom is -0.342 e. The van der Waals surface area contributed by atoms with Crippen LogP contribution in [0.3, 0.4) is 0 Å². The number of fused-ring (bicyclic) bond motifs is 1. The fraction of sp³-hybridized carbons (Fsp3) is 0.421. The second-order valence-corrected chi connectivity index (χ2v) is 6.86. The number of aryl methyl sites for hydroxylation is 1. The Labute approximate surface area is 152 Å². The standard InChI is InChI=1S/C19H24N6O/c1-24-11-9-15(23-24)6-10-20-19(26)25-12-7-14(8-13-25)18-21-16-4-2-3-5-17(16)22-18/h2-5,9,11,14H,6-8,10,12-13H2,1H3,(H,20,26)(H,21,22). The van der Waals surface area contributed by atoms with Gasteiger partial charge in [-0.05, 0) is 31.0 Å². The number of hydrogen-bond donors (Lipinski definition) is 2. The fourth-order valence-corrected chi connectivity index (χ4v) is 3.53. The highest BCUT2D eigenvalue weighted by molar-refractivity contribution is 5.75. The third-order valence-electron chi connectivity index (χ3n) is 5.00. The van der Waals surface area contributed by atoms with Gasteiger partial charge in [-0.25, -0.2) is 9.78 Å². The summed E-state index contributed by atoms with van der Waals surface area (Å²) in [6.07, 6.45) is 4.54. The molecule has 2 aromatic heterocycles. The first-order chi connectivity index (χ1) is 12.7. The van der Waals surface area contributed by atoms with Crippen molar-refractivity contribution in [2.45, 2.75) is 25.2 Å². The quantitative estimate of drug-likeness (QED) is 0.757. The summed E-state index contributed by atoms with van der Waals surface area (Å²) < 4.78 is 1.78. The van der Waals surface area contributed by atoms with Crippen molar-refractivity contribution in [3.8, 4) is 0 Å². The molecule has 0 saturated carbocycles. The first-order valence-electron chi connectivity index (χ1n) is 9.15. The van der Waals surface area contributed by atoms with Gasteiger partial charge in [0.25, 0.3) is 0 Å². The summed E-state index contributed by atoms with van der Waals surface area (Å²) in [6.45, 7) is 2.13. The van der Waals surface area contributed by atoms with Gasteiger partial charge in [0.05, 0.1) is 16.7 Å². The number of piperidine rings is 1. The van der Waals surface area contributed by atoms with Gasteiger partial charge in [0.2, 0.25) is 0 Å². The summed E-state index contributed by atoms with van der Waals surface area (Å²) in [4.78, 5) is 22.4. The Bertz CT molecular complexity index is 857. The van der Waals surface area contributed by atoms with Gasteiger partial charge >= 0.3 is 6.03 Å². The number of carbonyl (C=O) groups is 1. The summed E-state index contributed by atoms with van der Waals surface area (Å²) in [5, 5.41) is 7.32. The van der Waals surface area contributed by atoms with Crippen LogP contribution in [0.15, 0.2) is 36.5 Å². The number of aromatic nitrogens is 4. The Kier molecular flexibility index (Phi) is 4.60. The molecule has 136 valence electrons. The van der Waals surface area contributed by atoms with Crippen LogP contribution in [0.1, 0.15) is 30.3 Å². The van der Waals surface area contributed by atoms with E-state index in [1.54, 1.807) is 4.68 Å². The molecular formula is C19H24N6O. The zero-order chi connectivity index (χ0) is 17.9. The van der Waals surface area contributed by atoms with Crippen LogP contribution in [0, 0.1) is 0 Å². The highest BCUT2D eigenvalue weighted by Crippen LogP contribution is 2.27. The molecule has 7 heteroatoms. The highest BCUT2D eigenvalue weighted by Gasteiger charge is 2.25. The average molecular weight is 352 g/mol. The van der Waals surface area contributed by atoms with Crippen molar-refractivity contribution in [3.05, 3.63) is 48.0 Å². The van der Waals surface area contributed by atoms with Crippen molar-refractivity contribution in [1.82, 2.24) is 30.0 Å². The number of carbonyl (C=O) groups excluding carboxylic acids is 1. The van der Waals surface area contributed by atoms with Crippen molar-refractivity contribution in [2.75, 3.05) is 19.6 Å². The van der Waals surface area contributed by atoms with Gasteiger partial charge in [-0.3, -0.25) is 4.68 Å². The molecule has 0 aliphatic carbocycles. The molecule has 7 nitrogen and oxygen atoms in total. The molecule has 2 amide bonds. The zero-order valence-corrected chi connectivity index (χ0v) is 15.0. The van der Waals surface area contributed by atoms with E-state index < -0.39 is 0 Å². The molecule has 0 atom stereocenters. The number of hydrogen-bond acceptors (Lipinski definition) is 3. The van der Waals surface area contributed by atoms with E-state index in [0.29, 0.717) is 12.5 Å². The van der Waals surface area contributed by atoms with Crippen LogP contribution < -0.4 is 5.32 Å². The Hall–Kier alpha value is -2.83. The molecule has 26 heavy (non-hydrogen) atoms. The molecule has 0 unspecified atom stereocenters. The average Bonchev–Trinajstić information content (AvgIpc) is 3.27. The maximum absolute atomic E-state index is 12.3. The van der Waals surface area contributed by atoms with E-state index >= 15 is 0 Å². The van der Waals surface area contributed by atoms with Crippen molar-refractivity contribution in [1.29, 1.82) is 0 Å². The van der Waals surface area contributed by atoms with Crippen molar-refractivity contribution in [2.24, 2.45) is 7.05 Å². The molecule has 0 radical (unpaired) electrons. The smallest absolute Gasteiger partial charge is 0.317 e. The molecule has 1 fully saturated rings. The second kappa shape index (κ2) is 7.19. The van der Waals surface area contributed by atoms with Crippen LogP contribution in [0.4, 0.5) is 4.79 Å². The van der Waals surface area contributed by atoms with Gasteiger partial charge in [-0.1, -0.05) is 12.1 Å². The molecule has 3 heterocycles. The molecule has 1 saturated heterocycles. The maximum Gasteiger partial charge on any atom is 0.317 e. The Morgan fingerprint density at radius 3 is 2.81 bits per heavy atom. The largest absolute Gasteiger partial charge is 0.342 e. The Morgan fingerprint density at radius 2 is 2.08 bits per heavy atom. The van der Waals surface area contributed by atoms with E-state index in [-0.39, 0.29) is 6.03 Å². The van der Waals surface area contributed by atoms with Crippen LogP contribution in [-0.2, 0) is 13.5 Å². The molecule has 1 aliphatic rings. The summed E-state index contributed by atoms with van der Waals surface area (Å²) >= 11 is 0. The van der Waals surface area contributed by atoms with Crippen molar-refractivity contribution >= 4 is 17.1 Å². The first-order valence-corrected chi connectivity index (χ1v) is 9.15. The monoisotopic (exact) mass is 352 g/mol. The molecule has 0 bridgehead atoms. The number of urea groups is 1. The van der Waals surface area contributed by atoms with E-state index in [2.05, 4.69) is 21.5 Å². The lowest BCUT2D eigenvalue weighted by Gasteiger charge is -2.31. The fourth-order valence-electron chi connectivity index (χ4n) is 3.53. The lowest BCUT2D eigenvalue weighted by atomic mass is 9.96. The van der Waals surface area contributed by atoms with E-state index in [0.717, 1.165) is 54.9 Å². The van der Waals surface area contributed by atoms with Crippen LogP contribution in [0.2, 0.25) is 0 Å². The van der Waals surface area contributed by atoms with E-state index in [1.165, 1.54) is 0 Å². The normalized spacial score (nSPS) is 15.5. The Balaban J connectivity index is 1.26. The molecule has 0 spiro atoms. The summed E-state index contributed by atoms with van der Waals surface area (Å²) in [5.41, 5.74) is 3.09. The third kappa shape index (κ3) is 3.56. The number of nitrogens with one attached hydrogen (secondary N) is 2. The van der Waals surface area contributed by atoms with Gasteiger partial charge in [-0.2, -0.15) is 5.10 Å². The lowest BCUT2D eigenvalue weighted by Crippen LogP contribution is -2.44. The summed E-state index contributed by atoms with van der Waals surface area (Å²) in [7, 11) is 1.90. The summed E-state index contributed by atoms with van der Waals surface area (Å²) in [6, 6.07) is 10.1. The number of aromatic amines is 1. The number of amides is 2. The number of imidazole rings is 1. The molecule has 1 aromatic carbocycles. The van der Waals surface area contributed by atoms with E-state index in [4.69, 9.17) is 4.98 Å². The van der Waals surface area contributed by atoms with Gasteiger partial charge in [0.1, 0.15) is 5.82 Å². The predicted octanol–water partition coefficient (Wildman–Crippen LogP) is 2.43. The van der Waals surface area contributed by atoms with Crippen molar-refractivity contribution in [3.63, 3.8) is 0 Å². The van der Waals surface area contributed by atoms with E-state index in [9.17, 15) is 4.79 Å². The van der Waals surface area contributed by atoms with Gasteiger partial charge in [-0.15, -0.1) is 0 Å². The number of nitrogens with zero attached hydrogens (tertiary/aromatic N) is 4. The number of benzene rings is 1. The summed E-state index contributed by atoms with van der Waals surface area (Å²) in [5.74, 6) is 1.43. The van der Waals surface area contributed by atoms with Gasteiger partial charge in [0.15, 0.2) is 0 Å². The predicted molar refractivity (Wildman–Crippen MR) is 100.0 cm³/mol. The number of H-pyrrole nitrogens is 1. The highest BCUT2D eigenvalue weighted by atomic mass is 16.2. The van der Waals surface area contributed by atoms with Gasteiger partial charge < -0.3 is 15.2 Å². The van der Waals surface area contributed by atoms with Gasteiger partial charge in [0, 0.05) is 45.2 Å². The Morgan fingerprint density at radius 1 is 1.27 bits per heavy atom. The topological polar surface area (TPSA) is 78.8 Å². The zero-order valence-electron chi connectivity index (χ0n) is 15.0. The molecule has 2 N–H and O–H groups in total. The van der Waals surface area contributed by atoms with Crippen LogP contribution >= 0.6 is 0 Å². The lowest BCUT2D eigenvalue weighted by molar-refractivity contribution is 0.180. The molecule has 4 rings (SSSR count). The minimum atomic E-state index is 0.0176. The minimum absolute atomic E-state index is 0.0176. The number of para-hydroxylation sites is 2. The van der Waals surface area contributed by atoms with Crippen LogP contribution in [0.25, 0.3) is 11.0 Å². The van der Waals surface area contributed by atoms with Crippen LogP contribution in [-0.4, -0.2) is 50.3 Å². The first kappa shape index (κ1) is 16.6. The van der Waals surface area contributed by atoms with Crippen molar-refractivity contribution < 1.29 is 4.79 Å². The maximum atomic E-state index is 12.3. The molecular weight excluding hydrogens is 328 g/mol. The van der Waals surface area contributed by atoms with Crippen LogP contribution in [0.5, 0.6) is 0 Å². The third-order valence-corrected chi connectivity index (χ3v) is 5.00. The number of likely N-dealkylation sites (tertiary alicyclic amines) is 1. The molecule has 3 aromatic rings. The number of rotatable bonds is 4. The SMILES string of the molecule is Cn1ccc(CCNC(=O)N2CCC(c3nc4ccccc4[nH]3)CC2)n1. The van der Waals surface area contributed by atoms with E-state index in [1.807, 2.05) is 42.4 Å².